The zero-order chi connectivity index (χ0) is 13.8. The minimum absolute atomic E-state index is 0.106. The van der Waals surface area contributed by atoms with Crippen LogP contribution in [0.1, 0.15) is 31.2 Å². The summed E-state index contributed by atoms with van der Waals surface area (Å²) in [6.45, 7) is 0. The molecule has 0 aromatic carbocycles. The average molecular weight is 262 g/mol. The summed E-state index contributed by atoms with van der Waals surface area (Å²) in [5, 5.41) is 32.5. The van der Waals surface area contributed by atoms with E-state index in [1.54, 1.807) is 0 Å². The smallest absolute Gasteiger partial charge is 0.312 e. The number of aliphatic hydroxyl groups excluding tert-OH is 1. The number of aromatic nitrogens is 1. The van der Waals surface area contributed by atoms with Crippen molar-refractivity contribution in [1.82, 2.24) is 4.98 Å². The SMILES string of the molecule is N#Cc1cnc(NC2CCCCC2O)c([N+](=O)[O-])c1. The van der Waals surface area contributed by atoms with E-state index in [-0.39, 0.29) is 23.1 Å². The van der Waals surface area contributed by atoms with E-state index in [1.807, 2.05) is 6.07 Å². The van der Waals surface area contributed by atoms with Crippen LogP contribution in [0.3, 0.4) is 0 Å². The molecule has 7 heteroatoms. The van der Waals surface area contributed by atoms with Gasteiger partial charge in [0.25, 0.3) is 0 Å². The van der Waals surface area contributed by atoms with Crippen molar-refractivity contribution >= 4 is 11.5 Å². The van der Waals surface area contributed by atoms with E-state index in [1.165, 1.54) is 12.3 Å². The third kappa shape index (κ3) is 2.98. The topological polar surface area (TPSA) is 112 Å². The molecule has 1 aromatic heterocycles. The Labute approximate surface area is 110 Å². The molecule has 0 radical (unpaired) electrons. The number of nitro groups is 1. The van der Waals surface area contributed by atoms with Gasteiger partial charge in [-0.25, -0.2) is 4.98 Å². The normalized spacial score (nSPS) is 22.5. The standard InChI is InChI=1S/C12H14N4O3/c13-6-8-5-10(16(18)19)12(14-7-8)15-9-3-1-2-4-11(9)17/h5,7,9,11,17H,1-4H2,(H,14,15). The van der Waals surface area contributed by atoms with Crippen LogP contribution in [0.25, 0.3) is 0 Å². The lowest BCUT2D eigenvalue weighted by Crippen LogP contribution is -2.36. The summed E-state index contributed by atoms with van der Waals surface area (Å²) in [7, 11) is 0. The van der Waals surface area contributed by atoms with Gasteiger partial charge in [-0.15, -0.1) is 0 Å². The van der Waals surface area contributed by atoms with E-state index in [0.717, 1.165) is 19.3 Å². The molecule has 100 valence electrons. The molecule has 7 nitrogen and oxygen atoms in total. The van der Waals surface area contributed by atoms with Gasteiger partial charge in [-0.1, -0.05) is 12.8 Å². The fraction of sp³-hybridized carbons (Fsp3) is 0.500. The largest absolute Gasteiger partial charge is 0.391 e. The van der Waals surface area contributed by atoms with Crippen LogP contribution in [0, 0.1) is 21.4 Å². The molecule has 1 fully saturated rings. The lowest BCUT2D eigenvalue weighted by molar-refractivity contribution is -0.384. The molecule has 0 bridgehead atoms. The van der Waals surface area contributed by atoms with Gasteiger partial charge < -0.3 is 10.4 Å². The molecule has 2 N–H and O–H groups in total. The first-order valence-corrected chi connectivity index (χ1v) is 6.11. The van der Waals surface area contributed by atoms with Crippen LogP contribution >= 0.6 is 0 Å². The summed E-state index contributed by atoms with van der Waals surface area (Å²) in [4.78, 5) is 14.3. The lowest BCUT2D eigenvalue weighted by atomic mass is 9.92. The molecular weight excluding hydrogens is 248 g/mol. The first-order valence-electron chi connectivity index (χ1n) is 6.11. The van der Waals surface area contributed by atoms with Gasteiger partial charge in [0, 0.05) is 12.3 Å². The Bertz CT molecular complexity index is 526. The number of nitriles is 1. The number of nitrogens with zero attached hydrogens (tertiary/aromatic N) is 3. The monoisotopic (exact) mass is 262 g/mol. The molecule has 1 aromatic rings. The van der Waals surface area contributed by atoms with E-state index < -0.39 is 11.0 Å². The van der Waals surface area contributed by atoms with Crippen molar-refractivity contribution < 1.29 is 10.0 Å². The Balaban J connectivity index is 2.24. The summed E-state index contributed by atoms with van der Waals surface area (Å²) in [6, 6.07) is 2.77. The highest BCUT2D eigenvalue weighted by Gasteiger charge is 2.26. The van der Waals surface area contributed by atoms with Gasteiger partial charge in [0.2, 0.25) is 5.82 Å². The molecular formula is C12H14N4O3. The highest BCUT2D eigenvalue weighted by atomic mass is 16.6. The number of pyridine rings is 1. The Morgan fingerprint density at radius 1 is 1.53 bits per heavy atom. The van der Waals surface area contributed by atoms with Crippen LogP contribution in [-0.4, -0.2) is 27.2 Å². The maximum absolute atomic E-state index is 11.0. The summed E-state index contributed by atoms with van der Waals surface area (Å²) < 4.78 is 0. The van der Waals surface area contributed by atoms with E-state index in [2.05, 4.69) is 10.3 Å². The van der Waals surface area contributed by atoms with Gasteiger partial charge in [-0.3, -0.25) is 10.1 Å². The number of hydrogen-bond donors (Lipinski definition) is 2. The highest BCUT2D eigenvalue weighted by Crippen LogP contribution is 2.27. The Kier molecular flexibility index (Phi) is 3.92. The van der Waals surface area contributed by atoms with E-state index in [0.29, 0.717) is 6.42 Å². The third-order valence-corrected chi connectivity index (χ3v) is 3.24. The predicted molar refractivity (Wildman–Crippen MR) is 67.5 cm³/mol. The van der Waals surface area contributed by atoms with Gasteiger partial charge in [-0.05, 0) is 12.8 Å². The van der Waals surface area contributed by atoms with Crippen molar-refractivity contribution in [2.24, 2.45) is 0 Å². The van der Waals surface area contributed by atoms with Crippen molar-refractivity contribution in [3.8, 4) is 6.07 Å². The second-order valence-corrected chi connectivity index (χ2v) is 4.56. The van der Waals surface area contributed by atoms with Crippen molar-refractivity contribution in [3.63, 3.8) is 0 Å². The number of nitrogens with one attached hydrogen (secondary N) is 1. The number of anilines is 1. The Hall–Kier alpha value is -2.20. The fourth-order valence-electron chi connectivity index (χ4n) is 2.22. The van der Waals surface area contributed by atoms with Crippen molar-refractivity contribution in [1.29, 1.82) is 5.26 Å². The van der Waals surface area contributed by atoms with Gasteiger partial charge >= 0.3 is 5.69 Å². The predicted octanol–water partition coefficient (Wildman–Crippen LogP) is 1.58. The van der Waals surface area contributed by atoms with Crippen molar-refractivity contribution in [2.45, 2.75) is 37.8 Å². The molecule has 2 atom stereocenters. The van der Waals surface area contributed by atoms with Gasteiger partial charge in [-0.2, -0.15) is 5.26 Å². The molecule has 1 saturated carbocycles. The third-order valence-electron chi connectivity index (χ3n) is 3.24. The van der Waals surface area contributed by atoms with Crippen LogP contribution in [0.15, 0.2) is 12.3 Å². The van der Waals surface area contributed by atoms with Crippen molar-refractivity contribution in [3.05, 3.63) is 27.9 Å². The summed E-state index contributed by atoms with van der Waals surface area (Å²) in [5.74, 6) is 0.106. The van der Waals surface area contributed by atoms with Crippen LogP contribution in [-0.2, 0) is 0 Å². The number of aliphatic hydroxyl groups is 1. The molecule has 0 aliphatic heterocycles. The lowest BCUT2D eigenvalue weighted by Gasteiger charge is -2.28. The Morgan fingerprint density at radius 3 is 2.89 bits per heavy atom. The zero-order valence-corrected chi connectivity index (χ0v) is 10.2. The maximum Gasteiger partial charge on any atom is 0.312 e. The minimum atomic E-state index is -0.578. The Morgan fingerprint density at radius 2 is 2.26 bits per heavy atom. The van der Waals surface area contributed by atoms with Crippen LogP contribution < -0.4 is 5.32 Å². The molecule has 0 saturated heterocycles. The first kappa shape index (κ1) is 13.2. The molecule has 19 heavy (non-hydrogen) atoms. The van der Waals surface area contributed by atoms with Crippen LogP contribution in [0.4, 0.5) is 11.5 Å². The fourth-order valence-corrected chi connectivity index (χ4v) is 2.22. The quantitative estimate of drug-likeness (QED) is 0.631. The van der Waals surface area contributed by atoms with Crippen LogP contribution in [0.5, 0.6) is 0 Å². The van der Waals surface area contributed by atoms with Gasteiger partial charge in [0.05, 0.1) is 22.6 Å². The average Bonchev–Trinajstić information content (AvgIpc) is 2.41. The van der Waals surface area contributed by atoms with Crippen molar-refractivity contribution in [2.75, 3.05) is 5.32 Å². The molecule has 0 amide bonds. The van der Waals surface area contributed by atoms with E-state index in [9.17, 15) is 15.2 Å². The highest BCUT2D eigenvalue weighted by molar-refractivity contribution is 5.58. The number of hydrogen-bond acceptors (Lipinski definition) is 6. The maximum atomic E-state index is 11.0. The van der Waals surface area contributed by atoms with Gasteiger partial charge in [0.1, 0.15) is 6.07 Å². The van der Waals surface area contributed by atoms with E-state index >= 15 is 0 Å². The van der Waals surface area contributed by atoms with E-state index in [4.69, 9.17) is 5.26 Å². The summed E-state index contributed by atoms with van der Waals surface area (Å²) in [6.07, 6.45) is 4.12. The summed E-state index contributed by atoms with van der Waals surface area (Å²) in [5.41, 5.74) is -0.0988. The second kappa shape index (κ2) is 5.63. The number of rotatable bonds is 3. The molecule has 2 rings (SSSR count). The molecule has 2 unspecified atom stereocenters. The molecule has 1 heterocycles. The molecule has 1 aliphatic rings. The minimum Gasteiger partial charge on any atom is -0.391 e. The van der Waals surface area contributed by atoms with Gasteiger partial charge in [0.15, 0.2) is 0 Å². The summed E-state index contributed by atoms with van der Waals surface area (Å²) >= 11 is 0. The second-order valence-electron chi connectivity index (χ2n) is 4.56. The zero-order valence-electron chi connectivity index (χ0n) is 10.2. The molecule has 0 spiro atoms. The first-order chi connectivity index (χ1) is 9.11. The molecule has 1 aliphatic carbocycles. The van der Waals surface area contributed by atoms with Crippen LogP contribution in [0.2, 0.25) is 0 Å².